The van der Waals surface area contributed by atoms with E-state index in [0.717, 1.165) is 12.5 Å². The van der Waals surface area contributed by atoms with Gasteiger partial charge >= 0.3 is 0 Å². The van der Waals surface area contributed by atoms with Crippen LogP contribution in [-0.4, -0.2) is 30.6 Å². The molecule has 4 heteroatoms. The Labute approximate surface area is 89.7 Å². The third-order valence-corrected chi connectivity index (χ3v) is 4.63. The summed E-state index contributed by atoms with van der Waals surface area (Å²) >= 11 is 0. The fourth-order valence-electron chi connectivity index (χ4n) is 4.20. The molecule has 2 saturated carbocycles. The van der Waals surface area contributed by atoms with Crippen molar-refractivity contribution in [2.24, 2.45) is 17.8 Å². The number of rotatable bonds is 0. The molecule has 0 aromatic rings. The Morgan fingerprint density at radius 2 is 1.80 bits per heavy atom. The molecule has 2 unspecified atom stereocenters. The standard InChI is InChI=1S/C11H18N2O2/c1-11(2)14-9-5-3-6(10(9)15-11)8-7(5)4-12-13-8/h5-10,12-13H,3-4H2,1-2H3/t5-,6+,7?,8?,9-,10+/m1/s1. The van der Waals surface area contributed by atoms with Crippen molar-refractivity contribution >= 4 is 0 Å². The first-order valence-corrected chi connectivity index (χ1v) is 6.00. The van der Waals surface area contributed by atoms with E-state index < -0.39 is 0 Å². The highest BCUT2D eigenvalue weighted by molar-refractivity contribution is 5.14. The highest BCUT2D eigenvalue weighted by Gasteiger charge is 2.64. The van der Waals surface area contributed by atoms with Crippen LogP contribution in [0, 0.1) is 17.8 Å². The first kappa shape index (κ1) is 8.93. The second-order valence-electron chi connectivity index (χ2n) is 5.84. The topological polar surface area (TPSA) is 42.5 Å². The second kappa shape index (κ2) is 2.56. The van der Waals surface area contributed by atoms with Crippen molar-refractivity contribution in [1.82, 2.24) is 10.9 Å². The molecule has 2 bridgehead atoms. The third-order valence-electron chi connectivity index (χ3n) is 4.63. The highest BCUT2D eigenvalue weighted by atomic mass is 16.8. The van der Waals surface area contributed by atoms with Crippen LogP contribution >= 0.6 is 0 Å². The van der Waals surface area contributed by atoms with Crippen LogP contribution < -0.4 is 10.9 Å². The van der Waals surface area contributed by atoms with E-state index in [-0.39, 0.29) is 5.79 Å². The lowest BCUT2D eigenvalue weighted by Gasteiger charge is -2.30. The van der Waals surface area contributed by atoms with Crippen LogP contribution in [0.5, 0.6) is 0 Å². The van der Waals surface area contributed by atoms with Crippen molar-refractivity contribution in [2.75, 3.05) is 6.54 Å². The Bertz CT molecular complexity index is 277. The van der Waals surface area contributed by atoms with E-state index in [9.17, 15) is 0 Å². The van der Waals surface area contributed by atoms with Gasteiger partial charge in [-0.3, -0.25) is 10.9 Å². The van der Waals surface area contributed by atoms with Gasteiger partial charge in [0.05, 0.1) is 12.2 Å². The minimum Gasteiger partial charge on any atom is -0.344 e. The van der Waals surface area contributed by atoms with E-state index in [1.807, 2.05) is 13.8 Å². The molecule has 0 spiro atoms. The summed E-state index contributed by atoms with van der Waals surface area (Å²) < 4.78 is 12.1. The smallest absolute Gasteiger partial charge is 0.163 e. The van der Waals surface area contributed by atoms with Crippen LogP contribution in [0.25, 0.3) is 0 Å². The summed E-state index contributed by atoms with van der Waals surface area (Å²) in [5, 5.41) is 0. The summed E-state index contributed by atoms with van der Waals surface area (Å²) in [4.78, 5) is 0. The maximum Gasteiger partial charge on any atom is 0.163 e. The van der Waals surface area contributed by atoms with Crippen molar-refractivity contribution < 1.29 is 9.47 Å². The molecule has 0 aromatic heterocycles. The second-order valence-corrected chi connectivity index (χ2v) is 5.84. The maximum absolute atomic E-state index is 6.04. The largest absolute Gasteiger partial charge is 0.344 e. The van der Waals surface area contributed by atoms with E-state index in [4.69, 9.17) is 9.47 Å². The van der Waals surface area contributed by atoms with E-state index in [1.54, 1.807) is 0 Å². The first-order chi connectivity index (χ1) is 7.16. The average molecular weight is 210 g/mol. The molecule has 2 N–H and O–H groups in total. The molecule has 4 rings (SSSR count). The number of hydrazine groups is 1. The molecule has 2 heterocycles. The summed E-state index contributed by atoms with van der Waals surface area (Å²) in [6, 6.07) is 0.619. The fourth-order valence-corrected chi connectivity index (χ4v) is 4.20. The quantitative estimate of drug-likeness (QED) is 0.601. The average Bonchev–Trinajstić information content (AvgIpc) is 2.75. The lowest BCUT2D eigenvalue weighted by atomic mass is 9.82. The van der Waals surface area contributed by atoms with E-state index in [1.165, 1.54) is 6.42 Å². The lowest BCUT2D eigenvalue weighted by Crippen LogP contribution is -2.46. The van der Waals surface area contributed by atoms with Crippen LogP contribution in [0.3, 0.4) is 0 Å². The molecule has 0 aromatic carbocycles. The SMILES string of the molecule is CC1(C)O[C@@H]2[C@H](O1)[C@@H]1C[C@H]2C2NNCC21. The lowest BCUT2D eigenvalue weighted by molar-refractivity contribution is -0.158. The van der Waals surface area contributed by atoms with Gasteiger partial charge in [-0.2, -0.15) is 0 Å². The molecule has 2 aliphatic heterocycles. The maximum atomic E-state index is 6.04. The molecule has 2 aliphatic carbocycles. The van der Waals surface area contributed by atoms with Crippen LogP contribution in [-0.2, 0) is 9.47 Å². The summed E-state index contributed by atoms with van der Waals surface area (Å²) in [7, 11) is 0. The molecule has 2 saturated heterocycles. The molecule has 0 radical (unpaired) electrons. The normalized spacial score (nSPS) is 59.6. The number of ether oxygens (including phenoxy) is 2. The van der Waals surface area contributed by atoms with Gasteiger partial charge in [-0.1, -0.05) is 0 Å². The van der Waals surface area contributed by atoms with Crippen LogP contribution in [0.1, 0.15) is 20.3 Å². The van der Waals surface area contributed by atoms with E-state index in [0.29, 0.717) is 30.1 Å². The van der Waals surface area contributed by atoms with E-state index >= 15 is 0 Å². The number of nitrogens with one attached hydrogen (secondary N) is 2. The molecular weight excluding hydrogens is 192 g/mol. The van der Waals surface area contributed by atoms with Crippen LogP contribution in [0.15, 0.2) is 0 Å². The molecule has 0 amide bonds. The fraction of sp³-hybridized carbons (Fsp3) is 1.00. The van der Waals surface area contributed by atoms with E-state index in [2.05, 4.69) is 10.9 Å². The minimum atomic E-state index is -0.363. The van der Waals surface area contributed by atoms with Gasteiger partial charge in [-0.05, 0) is 32.1 Å². The van der Waals surface area contributed by atoms with Crippen molar-refractivity contribution in [2.45, 2.75) is 44.3 Å². The zero-order valence-electron chi connectivity index (χ0n) is 9.19. The van der Waals surface area contributed by atoms with Gasteiger partial charge < -0.3 is 9.47 Å². The van der Waals surface area contributed by atoms with Gasteiger partial charge in [0, 0.05) is 18.5 Å². The molecular formula is C11H18N2O2. The summed E-state index contributed by atoms with van der Waals surface area (Å²) in [6.45, 7) is 5.16. The Balaban J connectivity index is 1.67. The summed E-state index contributed by atoms with van der Waals surface area (Å²) in [5.41, 5.74) is 6.68. The molecule has 84 valence electrons. The predicted octanol–water partition coefficient (Wildman–Crippen LogP) is 0.249. The van der Waals surface area contributed by atoms with Crippen LogP contribution in [0.2, 0.25) is 0 Å². The predicted molar refractivity (Wildman–Crippen MR) is 53.8 cm³/mol. The van der Waals surface area contributed by atoms with Gasteiger partial charge in [-0.15, -0.1) is 0 Å². The van der Waals surface area contributed by atoms with Gasteiger partial charge in [0.15, 0.2) is 5.79 Å². The zero-order chi connectivity index (χ0) is 10.2. The first-order valence-electron chi connectivity index (χ1n) is 6.00. The van der Waals surface area contributed by atoms with Crippen molar-refractivity contribution in [3.05, 3.63) is 0 Å². The Morgan fingerprint density at radius 3 is 2.60 bits per heavy atom. The number of fused-ring (bicyclic) bond motifs is 8. The highest BCUT2D eigenvalue weighted by Crippen LogP contribution is 2.56. The Hall–Kier alpha value is -0.160. The third kappa shape index (κ3) is 1.01. The molecule has 15 heavy (non-hydrogen) atoms. The minimum absolute atomic E-state index is 0.332. The monoisotopic (exact) mass is 210 g/mol. The van der Waals surface area contributed by atoms with Gasteiger partial charge in [0.2, 0.25) is 0 Å². The molecule has 6 atom stereocenters. The summed E-state index contributed by atoms with van der Waals surface area (Å²) in [5.74, 6) is 1.75. The zero-order valence-corrected chi connectivity index (χ0v) is 9.19. The summed E-state index contributed by atoms with van der Waals surface area (Å²) in [6.07, 6.45) is 1.97. The van der Waals surface area contributed by atoms with Crippen molar-refractivity contribution in [3.8, 4) is 0 Å². The molecule has 4 fully saturated rings. The Kier molecular flexibility index (Phi) is 1.53. The number of hydrogen-bond acceptors (Lipinski definition) is 4. The van der Waals surface area contributed by atoms with Crippen molar-refractivity contribution in [3.63, 3.8) is 0 Å². The molecule has 4 nitrogen and oxygen atoms in total. The van der Waals surface area contributed by atoms with Gasteiger partial charge in [-0.25, -0.2) is 0 Å². The van der Waals surface area contributed by atoms with Crippen LogP contribution in [0.4, 0.5) is 0 Å². The van der Waals surface area contributed by atoms with Gasteiger partial charge in [0.1, 0.15) is 0 Å². The van der Waals surface area contributed by atoms with Gasteiger partial charge in [0.25, 0.3) is 0 Å². The van der Waals surface area contributed by atoms with Crippen molar-refractivity contribution in [1.29, 1.82) is 0 Å². The number of hydrogen-bond donors (Lipinski definition) is 2. The molecule has 4 aliphatic rings. The Morgan fingerprint density at radius 1 is 1.07 bits per heavy atom.